The van der Waals surface area contributed by atoms with E-state index in [9.17, 15) is 9.90 Å². The monoisotopic (exact) mass is 448 g/mol. The first-order chi connectivity index (χ1) is 16.0. The molecule has 0 unspecified atom stereocenters. The number of nitrogens with one attached hydrogen (secondary N) is 2. The average Bonchev–Trinajstić information content (AvgIpc) is 3.22. The second-order valence-corrected chi connectivity index (χ2v) is 8.96. The molecule has 1 amide bonds. The molecule has 33 heavy (non-hydrogen) atoms. The molecule has 7 heteroatoms. The van der Waals surface area contributed by atoms with Gasteiger partial charge in [0.1, 0.15) is 5.75 Å². The molecule has 3 aromatic rings. The molecule has 4 rings (SSSR count). The van der Waals surface area contributed by atoms with Crippen LogP contribution in [0.4, 0.5) is 5.69 Å². The van der Waals surface area contributed by atoms with E-state index in [1.165, 1.54) is 5.56 Å². The number of amides is 1. The van der Waals surface area contributed by atoms with E-state index in [0.717, 1.165) is 43.9 Å². The van der Waals surface area contributed by atoms with E-state index in [-0.39, 0.29) is 17.6 Å². The number of hydrogen-bond acceptors (Lipinski definition) is 6. The third kappa shape index (κ3) is 6.91. The predicted molar refractivity (Wildman–Crippen MR) is 128 cm³/mol. The van der Waals surface area contributed by atoms with Gasteiger partial charge in [-0.25, -0.2) is 0 Å². The van der Waals surface area contributed by atoms with Crippen molar-refractivity contribution in [3.8, 4) is 5.75 Å². The molecule has 1 aliphatic heterocycles. The third-order valence-electron chi connectivity index (χ3n) is 6.14. The summed E-state index contributed by atoms with van der Waals surface area (Å²) in [5.41, 5.74) is 2.82. The summed E-state index contributed by atoms with van der Waals surface area (Å²) in [5, 5.41) is 20.3. The van der Waals surface area contributed by atoms with Crippen molar-refractivity contribution in [2.75, 3.05) is 25.5 Å². The molecule has 2 heterocycles. The van der Waals surface area contributed by atoms with E-state index in [1.807, 2.05) is 24.3 Å². The van der Waals surface area contributed by atoms with E-state index in [2.05, 4.69) is 39.9 Å². The summed E-state index contributed by atoms with van der Waals surface area (Å²) in [7, 11) is 2.07. The van der Waals surface area contributed by atoms with E-state index in [4.69, 9.17) is 4.52 Å². The van der Waals surface area contributed by atoms with Crippen LogP contribution in [-0.2, 0) is 24.3 Å². The SMILES string of the molecule is CN(Cc1ccccc1)Cc1cc(C[C@@H]2CNCC[C@H]2CC(=O)Nc2cccc(O)c2)no1. The molecule has 3 N–H and O–H groups in total. The molecular formula is C26H32N4O3. The molecule has 1 aliphatic rings. The molecule has 174 valence electrons. The van der Waals surface area contributed by atoms with E-state index < -0.39 is 0 Å². The Hall–Kier alpha value is -3.16. The first-order valence-corrected chi connectivity index (χ1v) is 11.5. The second-order valence-electron chi connectivity index (χ2n) is 8.96. The Bertz CT molecular complexity index is 1040. The highest BCUT2D eigenvalue weighted by Gasteiger charge is 2.28. The number of aromatic nitrogens is 1. The van der Waals surface area contributed by atoms with Crippen LogP contribution in [0.5, 0.6) is 5.75 Å². The minimum Gasteiger partial charge on any atom is -0.508 e. The van der Waals surface area contributed by atoms with Gasteiger partial charge in [0.2, 0.25) is 5.91 Å². The molecule has 0 bridgehead atoms. The zero-order chi connectivity index (χ0) is 23.0. The van der Waals surface area contributed by atoms with Gasteiger partial charge in [-0.3, -0.25) is 9.69 Å². The number of piperidine rings is 1. The molecule has 2 aromatic carbocycles. The van der Waals surface area contributed by atoms with Crippen LogP contribution in [0.2, 0.25) is 0 Å². The summed E-state index contributed by atoms with van der Waals surface area (Å²) < 4.78 is 5.61. The lowest BCUT2D eigenvalue weighted by molar-refractivity contribution is -0.117. The van der Waals surface area contributed by atoms with Crippen molar-refractivity contribution in [1.82, 2.24) is 15.4 Å². The van der Waals surface area contributed by atoms with Crippen LogP contribution < -0.4 is 10.6 Å². The highest BCUT2D eigenvalue weighted by Crippen LogP contribution is 2.27. The predicted octanol–water partition coefficient (Wildman–Crippen LogP) is 3.81. The Balaban J connectivity index is 1.30. The fraction of sp³-hybridized carbons (Fsp3) is 0.385. The molecule has 2 atom stereocenters. The third-order valence-corrected chi connectivity index (χ3v) is 6.14. The highest BCUT2D eigenvalue weighted by molar-refractivity contribution is 5.91. The Labute approximate surface area is 194 Å². The highest BCUT2D eigenvalue weighted by atomic mass is 16.5. The zero-order valence-corrected chi connectivity index (χ0v) is 19.0. The van der Waals surface area contributed by atoms with Gasteiger partial charge < -0.3 is 20.3 Å². The number of nitrogens with zero attached hydrogens (tertiary/aromatic N) is 2. The topological polar surface area (TPSA) is 90.6 Å². The van der Waals surface area contributed by atoms with Crippen molar-refractivity contribution in [3.05, 3.63) is 77.7 Å². The summed E-state index contributed by atoms with van der Waals surface area (Å²) in [6.45, 7) is 3.31. The zero-order valence-electron chi connectivity index (χ0n) is 19.0. The number of carbonyl (C=O) groups excluding carboxylic acids is 1. The van der Waals surface area contributed by atoms with Crippen molar-refractivity contribution in [1.29, 1.82) is 0 Å². The number of phenolic OH excluding ortho intramolecular Hbond substituents is 1. The molecule has 7 nitrogen and oxygen atoms in total. The summed E-state index contributed by atoms with van der Waals surface area (Å²) in [4.78, 5) is 14.8. The molecule has 0 saturated carbocycles. The Kier molecular flexibility index (Phi) is 7.75. The molecule has 1 saturated heterocycles. The van der Waals surface area contributed by atoms with Crippen molar-refractivity contribution < 1.29 is 14.4 Å². The van der Waals surface area contributed by atoms with Crippen molar-refractivity contribution in [3.63, 3.8) is 0 Å². The molecule has 0 aliphatic carbocycles. The average molecular weight is 449 g/mol. The maximum absolute atomic E-state index is 12.6. The first-order valence-electron chi connectivity index (χ1n) is 11.5. The smallest absolute Gasteiger partial charge is 0.224 e. The first kappa shape index (κ1) is 23.0. The Morgan fingerprint density at radius 3 is 2.82 bits per heavy atom. The van der Waals surface area contributed by atoms with Gasteiger partial charge >= 0.3 is 0 Å². The maximum Gasteiger partial charge on any atom is 0.224 e. The van der Waals surface area contributed by atoms with Gasteiger partial charge in [0, 0.05) is 30.8 Å². The Morgan fingerprint density at radius 1 is 1.15 bits per heavy atom. The van der Waals surface area contributed by atoms with Gasteiger partial charge in [0.05, 0.1) is 12.2 Å². The number of phenols is 1. The van der Waals surface area contributed by atoms with Gasteiger partial charge in [0.15, 0.2) is 5.76 Å². The number of aromatic hydroxyl groups is 1. The van der Waals surface area contributed by atoms with Gasteiger partial charge in [-0.2, -0.15) is 0 Å². The van der Waals surface area contributed by atoms with Crippen molar-refractivity contribution >= 4 is 11.6 Å². The van der Waals surface area contributed by atoms with Gasteiger partial charge in [-0.15, -0.1) is 0 Å². The van der Waals surface area contributed by atoms with Gasteiger partial charge in [-0.1, -0.05) is 41.6 Å². The number of hydrogen-bond donors (Lipinski definition) is 3. The lowest BCUT2D eigenvalue weighted by atomic mass is 9.81. The number of benzene rings is 2. The number of carbonyl (C=O) groups is 1. The van der Waals surface area contributed by atoms with Crippen molar-refractivity contribution in [2.45, 2.75) is 32.4 Å². The summed E-state index contributed by atoms with van der Waals surface area (Å²) >= 11 is 0. The lowest BCUT2D eigenvalue weighted by Crippen LogP contribution is -2.39. The van der Waals surface area contributed by atoms with Crippen LogP contribution in [0.1, 0.15) is 29.9 Å². The minimum absolute atomic E-state index is 0.0270. The molecule has 1 fully saturated rings. The van der Waals surface area contributed by atoms with Crippen LogP contribution in [0, 0.1) is 11.8 Å². The quantitative estimate of drug-likeness (QED) is 0.461. The summed E-state index contributed by atoms with van der Waals surface area (Å²) in [5.74, 6) is 1.55. The van der Waals surface area contributed by atoms with Gasteiger partial charge in [0.25, 0.3) is 0 Å². The van der Waals surface area contributed by atoms with Crippen LogP contribution in [-0.4, -0.2) is 41.2 Å². The summed E-state index contributed by atoms with van der Waals surface area (Å²) in [6, 6.07) is 19.1. The lowest BCUT2D eigenvalue weighted by Gasteiger charge is -2.31. The van der Waals surface area contributed by atoms with Crippen molar-refractivity contribution in [2.24, 2.45) is 11.8 Å². The second kappa shape index (κ2) is 11.1. The number of anilines is 1. The standard InChI is InChI=1S/C26H32N4O3/c1-30(17-19-6-3-2-4-7-19)18-25-15-23(29-33-25)12-21-16-27-11-10-20(21)13-26(32)28-22-8-5-9-24(31)14-22/h2-9,14-15,20-21,27,31H,10-13,16-18H2,1H3,(H,28,32)/t20-,21+/m0/s1. The molecule has 0 radical (unpaired) electrons. The fourth-order valence-electron chi connectivity index (χ4n) is 4.53. The van der Waals surface area contributed by atoms with E-state index in [0.29, 0.717) is 24.6 Å². The van der Waals surface area contributed by atoms with Crippen LogP contribution in [0.15, 0.2) is 65.2 Å². The molecular weight excluding hydrogens is 416 g/mol. The van der Waals surface area contributed by atoms with Crippen LogP contribution >= 0.6 is 0 Å². The van der Waals surface area contributed by atoms with Crippen LogP contribution in [0.25, 0.3) is 0 Å². The van der Waals surface area contributed by atoms with E-state index >= 15 is 0 Å². The van der Waals surface area contributed by atoms with E-state index in [1.54, 1.807) is 24.3 Å². The fourth-order valence-corrected chi connectivity index (χ4v) is 4.53. The molecule has 0 spiro atoms. The van der Waals surface area contributed by atoms with Gasteiger partial charge in [-0.05, 0) is 62.5 Å². The maximum atomic E-state index is 12.6. The minimum atomic E-state index is -0.0270. The van der Waals surface area contributed by atoms with Crippen LogP contribution in [0.3, 0.4) is 0 Å². The molecule has 1 aromatic heterocycles. The summed E-state index contributed by atoms with van der Waals surface area (Å²) in [6.07, 6.45) is 2.18. The Morgan fingerprint density at radius 2 is 2.00 bits per heavy atom. The number of rotatable bonds is 9. The normalized spacial score (nSPS) is 18.4. The largest absolute Gasteiger partial charge is 0.508 e.